The Morgan fingerprint density at radius 2 is 2.29 bits per heavy atom. The molecule has 2 aromatic rings. The van der Waals surface area contributed by atoms with Gasteiger partial charge in [-0.1, -0.05) is 23.4 Å². The van der Waals surface area contributed by atoms with Gasteiger partial charge < -0.3 is 20.8 Å². The molecule has 2 rings (SSSR count). The van der Waals surface area contributed by atoms with Crippen LogP contribution in [-0.2, 0) is 13.1 Å². The summed E-state index contributed by atoms with van der Waals surface area (Å²) >= 11 is 0. The third kappa shape index (κ3) is 4.92. The number of imidazole rings is 1. The smallest absolute Gasteiger partial charge is 0.170 e. The summed E-state index contributed by atoms with van der Waals surface area (Å²) in [6.45, 7) is 2.74. The first kappa shape index (κ1) is 15.1. The number of aryl methyl sites for hydroxylation is 1. The Balaban J connectivity index is 1.66. The predicted molar refractivity (Wildman–Crippen MR) is 82.1 cm³/mol. The second-order valence-corrected chi connectivity index (χ2v) is 4.87. The van der Waals surface area contributed by atoms with Crippen LogP contribution >= 0.6 is 0 Å². The Labute approximate surface area is 124 Å². The number of hydrogen-bond acceptors (Lipinski definition) is 4. The Morgan fingerprint density at radius 1 is 1.38 bits per heavy atom. The molecule has 0 aliphatic heterocycles. The second kappa shape index (κ2) is 8.06. The molecular formula is C15H21N5O. The SMILES string of the molecule is NC(=NO)c1cccc(CNCCCCn2ccnc2)c1. The highest BCUT2D eigenvalue weighted by Gasteiger charge is 2.00. The zero-order valence-electron chi connectivity index (χ0n) is 11.9. The maximum absolute atomic E-state index is 8.67. The van der Waals surface area contributed by atoms with Gasteiger partial charge in [0.1, 0.15) is 0 Å². The lowest BCUT2D eigenvalue weighted by Gasteiger charge is -2.07. The average molecular weight is 287 g/mol. The van der Waals surface area contributed by atoms with Crippen molar-refractivity contribution in [1.82, 2.24) is 14.9 Å². The largest absolute Gasteiger partial charge is 0.409 e. The summed E-state index contributed by atoms with van der Waals surface area (Å²) in [6, 6.07) is 7.67. The molecule has 1 heterocycles. The summed E-state index contributed by atoms with van der Waals surface area (Å²) in [5, 5.41) is 15.1. The van der Waals surface area contributed by atoms with Crippen LogP contribution in [0, 0.1) is 0 Å². The van der Waals surface area contributed by atoms with Crippen molar-refractivity contribution >= 4 is 5.84 Å². The molecule has 6 nitrogen and oxygen atoms in total. The highest BCUT2D eigenvalue weighted by molar-refractivity contribution is 5.97. The Morgan fingerprint density at radius 3 is 3.05 bits per heavy atom. The summed E-state index contributed by atoms with van der Waals surface area (Å²) in [5.74, 6) is 0.136. The van der Waals surface area contributed by atoms with E-state index in [9.17, 15) is 0 Å². The average Bonchev–Trinajstić information content (AvgIpc) is 3.03. The number of nitrogens with one attached hydrogen (secondary N) is 1. The van der Waals surface area contributed by atoms with Crippen molar-refractivity contribution in [1.29, 1.82) is 0 Å². The van der Waals surface area contributed by atoms with Crippen LogP contribution < -0.4 is 11.1 Å². The number of nitrogens with two attached hydrogens (primary N) is 1. The van der Waals surface area contributed by atoms with Crippen LogP contribution in [0.4, 0.5) is 0 Å². The molecule has 1 aromatic carbocycles. The van der Waals surface area contributed by atoms with Crippen LogP contribution in [0.2, 0.25) is 0 Å². The first-order valence-corrected chi connectivity index (χ1v) is 7.03. The standard InChI is InChI=1S/C15H21N5O/c16-15(19-21)14-5-3-4-13(10-14)11-17-6-1-2-8-20-9-7-18-12-20/h3-5,7,9-10,12,17,21H,1-2,6,8,11H2,(H2,16,19). The molecule has 0 spiro atoms. The highest BCUT2D eigenvalue weighted by atomic mass is 16.4. The van der Waals surface area contributed by atoms with Crippen LogP contribution in [0.1, 0.15) is 24.0 Å². The van der Waals surface area contributed by atoms with Crippen molar-refractivity contribution in [2.24, 2.45) is 10.9 Å². The zero-order valence-corrected chi connectivity index (χ0v) is 11.9. The topological polar surface area (TPSA) is 88.5 Å². The fourth-order valence-electron chi connectivity index (χ4n) is 2.09. The maximum Gasteiger partial charge on any atom is 0.170 e. The molecule has 0 radical (unpaired) electrons. The van der Waals surface area contributed by atoms with E-state index in [0.717, 1.165) is 43.6 Å². The van der Waals surface area contributed by atoms with E-state index in [1.165, 1.54) is 0 Å². The minimum atomic E-state index is 0.136. The van der Waals surface area contributed by atoms with Crippen LogP contribution in [0.15, 0.2) is 48.1 Å². The minimum Gasteiger partial charge on any atom is -0.409 e. The normalized spacial score (nSPS) is 11.7. The Bertz CT molecular complexity index is 565. The highest BCUT2D eigenvalue weighted by Crippen LogP contribution is 2.05. The van der Waals surface area contributed by atoms with Gasteiger partial charge in [0.15, 0.2) is 5.84 Å². The third-order valence-electron chi connectivity index (χ3n) is 3.24. The van der Waals surface area contributed by atoms with Crippen LogP contribution in [0.3, 0.4) is 0 Å². The second-order valence-electron chi connectivity index (χ2n) is 4.87. The molecule has 112 valence electrons. The summed E-state index contributed by atoms with van der Waals surface area (Å²) in [6.07, 6.45) is 7.84. The van der Waals surface area contributed by atoms with E-state index in [1.54, 1.807) is 6.20 Å². The number of unbranched alkanes of at least 4 members (excludes halogenated alkanes) is 1. The first-order chi connectivity index (χ1) is 10.3. The van der Waals surface area contributed by atoms with Crippen LogP contribution in [0.5, 0.6) is 0 Å². The van der Waals surface area contributed by atoms with Gasteiger partial charge in [0.05, 0.1) is 6.33 Å². The molecule has 4 N–H and O–H groups in total. The van der Waals surface area contributed by atoms with Gasteiger partial charge in [-0.3, -0.25) is 0 Å². The molecule has 6 heteroatoms. The third-order valence-corrected chi connectivity index (χ3v) is 3.24. The first-order valence-electron chi connectivity index (χ1n) is 7.03. The molecule has 0 fully saturated rings. The van der Waals surface area contributed by atoms with E-state index in [4.69, 9.17) is 10.9 Å². The zero-order chi connectivity index (χ0) is 14.9. The lowest BCUT2D eigenvalue weighted by Crippen LogP contribution is -2.17. The molecule has 0 saturated carbocycles. The van der Waals surface area contributed by atoms with E-state index in [-0.39, 0.29) is 5.84 Å². The fourth-order valence-corrected chi connectivity index (χ4v) is 2.09. The Kier molecular flexibility index (Phi) is 5.78. The lowest BCUT2D eigenvalue weighted by atomic mass is 10.1. The summed E-state index contributed by atoms with van der Waals surface area (Å²) in [5.41, 5.74) is 7.43. The van der Waals surface area contributed by atoms with Crippen LogP contribution in [0.25, 0.3) is 0 Å². The molecule has 1 aromatic heterocycles. The van der Waals surface area contributed by atoms with Crippen LogP contribution in [-0.4, -0.2) is 27.1 Å². The van der Waals surface area contributed by atoms with Gasteiger partial charge in [-0.05, 0) is 31.0 Å². The number of nitrogens with zero attached hydrogens (tertiary/aromatic N) is 3. The number of oxime groups is 1. The van der Waals surface area contributed by atoms with Crippen molar-refractivity contribution in [2.45, 2.75) is 25.9 Å². The van der Waals surface area contributed by atoms with Gasteiger partial charge in [0.2, 0.25) is 0 Å². The van der Waals surface area contributed by atoms with Gasteiger partial charge in [-0.25, -0.2) is 4.98 Å². The van der Waals surface area contributed by atoms with Crippen molar-refractivity contribution in [3.05, 3.63) is 54.1 Å². The molecule has 0 aliphatic rings. The van der Waals surface area contributed by atoms with E-state index in [0.29, 0.717) is 0 Å². The van der Waals surface area contributed by atoms with Gasteiger partial charge in [-0.2, -0.15) is 0 Å². The molecule has 0 unspecified atom stereocenters. The van der Waals surface area contributed by atoms with Gasteiger partial charge in [0.25, 0.3) is 0 Å². The minimum absolute atomic E-state index is 0.136. The number of rotatable bonds is 8. The van der Waals surface area contributed by atoms with Gasteiger partial charge >= 0.3 is 0 Å². The number of hydrogen-bond donors (Lipinski definition) is 3. The summed E-state index contributed by atoms with van der Waals surface area (Å²) in [4.78, 5) is 4.02. The Hall–Kier alpha value is -2.34. The molecule has 0 aliphatic carbocycles. The number of aromatic nitrogens is 2. The molecule has 0 amide bonds. The molecule has 21 heavy (non-hydrogen) atoms. The quantitative estimate of drug-likeness (QED) is 0.226. The van der Waals surface area contributed by atoms with Gasteiger partial charge in [0, 0.05) is 31.0 Å². The maximum atomic E-state index is 8.67. The van der Waals surface area contributed by atoms with Crippen molar-refractivity contribution in [3.63, 3.8) is 0 Å². The lowest BCUT2D eigenvalue weighted by molar-refractivity contribution is 0.318. The van der Waals surface area contributed by atoms with Crippen molar-refractivity contribution < 1.29 is 5.21 Å². The van der Waals surface area contributed by atoms with E-state index in [2.05, 4.69) is 20.0 Å². The van der Waals surface area contributed by atoms with E-state index in [1.807, 2.05) is 36.8 Å². The van der Waals surface area contributed by atoms with E-state index < -0.39 is 0 Å². The van der Waals surface area contributed by atoms with Crippen molar-refractivity contribution in [2.75, 3.05) is 6.54 Å². The number of benzene rings is 1. The molecule has 0 saturated heterocycles. The monoisotopic (exact) mass is 287 g/mol. The van der Waals surface area contributed by atoms with Gasteiger partial charge in [-0.15, -0.1) is 0 Å². The predicted octanol–water partition coefficient (Wildman–Crippen LogP) is 1.55. The molecular weight excluding hydrogens is 266 g/mol. The summed E-state index contributed by atoms with van der Waals surface area (Å²) < 4.78 is 2.08. The molecule has 0 atom stereocenters. The van der Waals surface area contributed by atoms with E-state index >= 15 is 0 Å². The summed E-state index contributed by atoms with van der Waals surface area (Å²) in [7, 11) is 0. The number of amidine groups is 1. The fraction of sp³-hybridized carbons (Fsp3) is 0.333. The molecule has 0 bridgehead atoms. The van der Waals surface area contributed by atoms with Crippen molar-refractivity contribution in [3.8, 4) is 0 Å².